The monoisotopic (exact) mass is 568 g/mol. The quantitative estimate of drug-likeness (QED) is 0.447. The van der Waals surface area contributed by atoms with E-state index in [4.69, 9.17) is 16.3 Å². The predicted molar refractivity (Wildman–Crippen MR) is 134 cm³/mol. The van der Waals surface area contributed by atoms with Gasteiger partial charge < -0.3 is 15.2 Å². The fourth-order valence-corrected chi connectivity index (χ4v) is 6.33. The Kier molecular flexibility index (Phi) is 7.47. The number of aliphatic hydroxyl groups excluding tert-OH is 1. The maximum atomic E-state index is 15.1. The predicted octanol–water partition coefficient (Wildman–Crippen LogP) is 3.28. The summed E-state index contributed by atoms with van der Waals surface area (Å²) in [5, 5.41) is 12.5. The molecule has 2 N–H and O–H groups in total. The third-order valence-corrected chi connectivity index (χ3v) is 9.54. The van der Waals surface area contributed by atoms with E-state index in [0.29, 0.717) is 5.56 Å². The summed E-state index contributed by atoms with van der Waals surface area (Å²) in [5.41, 5.74) is -0.00543. The Morgan fingerprint density at radius 1 is 1.16 bits per heavy atom. The summed E-state index contributed by atoms with van der Waals surface area (Å²) in [4.78, 5) is 12.7. The van der Waals surface area contributed by atoms with Gasteiger partial charge in [-0.15, -0.1) is 0 Å². The molecule has 1 unspecified atom stereocenters. The number of rotatable bonds is 7. The zero-order chi connectivity index (χ0) is 27.0. The second-order valence-corrected chi connectivity index (χ2v) is 12.6. The Bertz CT molecular complexity index is 1560. The lowest BCUT2D eigenvalue weighted by Gasteiger charge is -2.30. The van der Waals surface area contributed by atoms with Crippen LogP contribution in [0.1, 0.15) is 28.9 Å². The molecule has 4 rings (SSSR count). The second-order valence-electron chi connectivity index (χ2n) is 8.07. The van der Waals surface area contributed by atoms with Crippen LogP contribution in [0.5, 0.6) is 5.75 Å². The lowest BCUT2D eigenvalue weighted by atomic mass is 10.1. The summed E-state index contributed by atoms with van der Waals surface area (Å²) >= 11 is 5.91. The molecule has 196 valence electrons. The Morgan fingerprint density at radius 2 is 1.86 bits per heavy atom. The van der Waals surface area contributed by atoms with Crippen LogP contribution in [0.15, 0.2) is 70.5 Å². The van der Waals surface area contributed by atoms with Crippen molar-refractivity contribution in [2.75, 3.05) is 23.4 Å². The maximum absolute atomic E-state index is 15.1. The number of halogens is 2. The van der Waals surface area contributed by atoms with Crippen molar-refractivity contribution in [3.8, 4) is 5.75 Å². The molecule has 0 saturated carbocycles. The molecule has 0 fully saturated rings. The van der Waals surface area contributed by atoms with Crippen LogP contribution in [0, 0.1) is 5.82 Å². The van der Waals surface area contributed by atoms with Crippen LogP contribution in [-0.4, -0.2) is 46.9 Å². The van der Waals surface area contributed by atoms with Crippen LogP contribution in [-0.2, 0) is 19.9 Å². The highest BCUT2D eigenvalue weighted by Gasteiger charge is 2.35. The van der Waals surface area contributed by atoms with Crippen molar-refractivity contribution in [1.29, 1.82) is 0 Å². The second kappa shape index (κ2) is 10.3. The molecule has 3 aromatic rings. The normalized spacial score (nSPS) is 15.4. The van der Waals surface area contributed by atoms with Gasteiger partial charge in [-0.2, -0.15) is 0 Å². The van der Waals surface area contributed by atoms with E-state index in [9.17, 15) is 26.7 Å². The van der Waals surface area contributed by atoms with Gasteiger partial charge in [0, 0.05) is 10.6 Å². The number of hydrogen-bond acceptors (Lipinski definition) is 7. The number of nitrogens with zero attached hydrogens (tertiary/aromatic N) is 1. The van der Waals surface area contributed by atoms with E-state index >= 15 is 4.39 Å². The summed E-state index contributed by atoms with van der Waals surface area (Å²) in [6, 6.07) is 12.1. The number of fused-ring (bicyclic) bond motifs is 1. The number of anilines is 1. The minimum absolute atomic E-state index is 0.0703. The molecule has 0 radical (unpaired) electrons. The zero-order valence-electron chi connectivity index (χ0n) is 19.4. The molecule has 37 heavy (non-hydrogen) atoms. The molecular formula is C24H22ClFN2O7S2. The molecule has 1 aliphatic rings. The fraction of sp³-hybridized carbons (Fsp3) is 0.208. The van der Waals surface area contributed by atoms with Crippen molar-refractivity contribution in [1.82, 2.24) is 5.32 Å². The number of ether oxygens (including phenoxy) is 1. The smallest absolute Gasteiger partial charge is 0.270 e. The van der Waals surface area contributed by atoms with Gasteiger partial charge in [0.25, 0.3) is 15.9 Å². The molecule has 1 amide bonds. The lowest BCUT2D eigenvalue weighted by molar-refractivity contribution is 0.0915. The Balaban J connectivity index is 1.55. The third-order valence-electron chi connectivity index (χ3n) is 5.80. The molecular weight excluding hydrogens is 547 g/mol. The summed E-state index contributed by atoms with van der Waals surface area (Å²) in [6.45, 7) is 0.542. The highest BCUT2D eigenvalue weighted by atomic mass is 35.5. The Hall–Kier alpha value is -3.19. The van der Waals surface area contributed by atoms with Crippen molar-refractivity contribution >= 4 is 43.1 Å². The van der Waals surface area contributed by atoms with Gasteiger partial charge in [-0.3, -0.25) is 4.79 Å². The first-order chi connectivity index (χ1) is 17.5. The van der Waals surface area contributed by atoms with Crippen LogP contribution in [0.3, 0.4) is 0 Å². The van der Waals surface area contributed by atoms with E-state index in [1.54, 1.807) is 0 Å². The summed E-state index contributed by atoms with van der Waals surface area (Å²) < 4.78 is 71.3. The molecule has 1 heterocycles. The molecule has 1 atom stereocenters. The van der Waals surface area contributed by atoms with Gasteiger partial charge in [-0.05, 0) is 54.1 Å². The maximum Gasteiger partial charge on any atom is 0.270 e. The van der Waals surface area contributed by atoms with Crippen molar-refractivity contribution in [3.05, 3.63) is 82.6 Å². The molecule has 0 aliphatic carbocycles. The zero-order valence-corrected chi connectivity index (χ0v) is 21.8. The molecule has 3 aromatic carbocycles. The first kappa shape index (κ1) is 26.9. The molecule has 9 nitrogen and oxygen atoms in total. The Labute approximate surface area is 218 Å². The number of sulfonamides is 1. The number of aliphatic hydroxyl groups is 1. The molecule has 0 bridgehead atoms. The van der Waals surface area contributed by atoms with E-state index in [1.807, 2.05) is 0 Å². The van der Waals surface area contributed by atoms with Crippen molar-refractivity contribution in [3.63, 3.8) is 0 Å². The Morgan fingerprint density at radius 3 is 2.49 bits per heavy atom. The number of hydrogen-bond donors (Lipinski definition) is 2. The summed E-state index contributed by atoms with van der Waals surface area (Å²) in [6.07, 6.45) is 0. The van der Waals surface area contributed by atoms with Gasteiger partial charge in [0.15, 0.2) is 16.6 Å². The molecule has 1 aliphatic heterocycles. The summed E-state index contributed by atoms with van der Waals surface area (Å²) in [7, 11) is -7.59. The van der Waals surface area contributed by atoms with Gasteiger partial charge >= 0.3 is 0 Å². The SMILES string of the molecule is CCS(=O)(=O)c1ccc(C(CO)NC(=O)c2ccc(N3COc4ccc(Cl)cc4S3(=O)=O)c(F)c2)cc1. The van der Waals surface area contributed by atoms with Gasteiger partial charge in [-0.1, -0.05) is 30.7 Å². The van der Waals surface area contributed by atoms with Crippen LogP contribution >= 0.6 is 11.6 Å². The largest absolute Gasteiger partial charge is 0.471 e. The molecule has 0 aromatic heterocycles. The van der Waals surface area contributed by atoms with Gasteiger partial charge in [0.05, 0.1) is 29.0 Å². The van der Waals surface area contributed by atoms with Crippen LogP contribution in [0.2, 0.25) is 5.02 Å². The first-order valence-corrected chi connectivity index (χ1v) is 14.4. The number of carbonyl (C=O) groups excluding carboxylic acids is 1. The lowest BCUT2D eigenvalue weighted by Crippen LogP contribution is -2.39. The van der Waals surface area contributed by atoms with E-state index in [1.165, 1.54) is 55.5 Å². The van der Waals surface area contributed by atoms with Gasteiger partial charge in [-0.25, -0.2) is 25.5 Å². The number of nitrogens with one attached hydrogen (secondary N) is 1. The number of benzene rings is 3. The standard InChI is InChI=1S/C24H22ClFN2O7S2/c1-2-36(31,32)18-7-3-15(4-8-18)20(13-29)27-24(30)16-5-9-21(19(26)11-16)28-14-35-22-10-6-17(25)12-23(22)37(28,33)34/h3-12,20,29H,2,13-14H2,1H3,(H,27,30). The molecule has 0 saturated heterocycles. The number of carbonyl (C=O) groups is 1. The highest BCUT2D eigenvalue weighted by molar-refractivity contribution is 7.93. The number of amides is 1. The third kappa shape index (κ3) is 5.28. The molecule has 13 heteroatoms. The van der Waals surface area contributed by atoms with E-state index in [-0.39, 0.29) is 37.6 Å². The average Bonchev–Trinajstić information content (AvgIpc) is 2.88. The van der Waals surface area contributed by atoms with Crippen molar-refractivity contribution in [2.45, 2.75) is 22.8 Å². The van der Waals surface area contributed by atoms with Crippen LogP contribution in [0.25, 0.3) is 0 Å². The minimum atomic E-state index is -4.18. The van der Waals surface area contributed by atoms with Crippen molar-refractivity contribution < 1.29 is 35.9 Å². The van der Waals surface area contributed by atoms with Gasteiger partial charge in [0.2, 0.25) is 0 Å². The van der Waals surface area contributed by atoms with Crippen LogP contribution < -0.4 is 14.4 Å². The first-order valence-electron chi connectivity index (χ1n) is 11.0. The molecule has 0 spiro atoms. The highest BCUT2D eigenvalue weighted by Crippen LogP contribution is 2.37. The van der Waals surface area contributed by atoms with Gasteiger partial charge in [0.1, 0.15) is 16.5 Å². The topological polar surface area (TPSA) is 130 Å². The average molecular weight is 569 g/mol. The fourth-order valence-electron chi connectivity index (χ4n) is 3.72. The summed E-state index contributed by atoms with van der Waals surface area (Å²) in [5.74, 6) is -1.70. The minimum Gasteiger partial charge on any atom is -0.471 e. The van der Waals surface area contributed by atoms with E-state index in [0.717, 1.165) is 16.4 Å². The number of sulfone groups is 1. The van der Waals surface area contributed by atoms with E-state index in [2.05, 4.69) is 5.32 Å². The van der Waals surface area contributed by atoms with Crippen LogP contribution in [0.4, 0.5) is 10.1 Å². The van der Waals surface area contributed by atoms with E-state index < -0.39 is 51.0 Å². The van der Waals surface area contributed by atoms with Crippen molar-refractivity contribution in [2.24, 2.45) is 0 Å².